The number of fused-ring (bicyclic) bond motifs is 1. The molecule has 1 fully saturated rings. The zero-order valence-electron chi connectivity index (χ0n) is 21.9. The lowest BCUT2D eigenvalue weighted by Crippen LogP contribution is -2.53. The van der Waals surface area contributed by atoms with Gasteiger partial charge in [0.25, 0.3) is 5.91 Å². The largest absolute Gasteiger partial charge is 0.483 e. The number of carbonyl (C=O) groups is 2. The number of nitrogens with zero attached hydrogens (tertiary/aromatic N) is 1. The van der Waals surface area contributed by atoms with E-state index in [1.54, 1.807) is 4.90 Å². The van der Waals surface area contributed by atoms with Crippen LogP contribution in [0.15, 0.2) is 102 Å². The first-order chi connectivity index (χ1) is 19.1. The highest BCUT2D eigenvalue weighted by molar-refractivity contribution is 9.10. The first-order valence-electron chi connectivity index (χ1n) is 13.6. The maximum atomic E-state index is 13.9. The van der Waals surface area contributed by atoms with E-state index in [0.717, 1.165) is 52.1 Å². The first-order valence-corrected chi connectivity index (χ1v) is 14.3. The number of halogens is 1. The molecule has 4 aromatic carbocycles. The van der Waals surface area contributed by atoms with E-state index in [4.69, 9.17) is 4.74 Å². The minimum absolute atomic E-state index is 0.110. The Morgan fingerprint density at radius 2 is 1.54 bits per heavy atom. The molecule has 200 valence electrons. The SMILES string of the molecule is O=C(NC1CCCC1)C(Cc1ccccc1)N(Cc1ccc(Br)cc1)C(=O)COc1cccc2ccccc12. The molecular formula is C33H33BrN2O3. The fourth-order valence-corrected chi connectivity index (χ4v) is 5.52. The second kappa shape index (κ2) is 12.9. The molecule has 5 rings (SSSR count). The molecule has 1 N–H and O–H groups in total. The fourth-order valence-electron chi connectivity index (χ4n) is 5.25. The van der Waals surface area contributed by atoms with Crippen molar-refractivity contribution >= 4 is 38.5 Å². The first kappa shape index (κ1) is 26.9. The molecule has 1 saturated carbocycles. The van der Waals surface area contributed by atoms with Crippen molar-refractivity contribution in [2.45, 2.75) is 50.7 Å². The Kier molecular flexibility index (Phi) is 8.94. The van der Waals surface area contributed by atoms with Crippen molar-refractivity contribution in [1.29, 1.82) is 0 Å². The van der Waals surface area contributed by atoms with E-state index in [-0.39, 0.29) is 24.5 Å². The smallest absolute Gasteiger partial charge is 0.261 e. The van der Waals surface area contributed by atoms with Crippen LogP contribution in [-0.2, 0) is 22.6 Å². The van der Waals surface area contributed by atoms with Crippen molar-refractivity contribution in [3.8, 4) is 5.75 Å². The van der Waals surface area contributed by atoms with Gasteiger partial charge in [-0.05, 0) is 47.6 Å². The number of amides is 2. The lowest BCUT2D eigenvalue weighted by atomic mass is 10.0. The molecule has 1 unspecified atom stereocenters. The topological polar surface area (TPSA) is 58.6 Å². The summed E-state index contributed by atoms with van der Waals surface area (Å²) in [7, 11) is 0. The lowest BCUT2D eigenvalue weighted by molar-refractivity contribution is -0.143. The van der Waals surface area contributed by atoms with Crippen molar-refractivity contribution in [2.75, 3.05) is 6.61 Å². The molecule has 0 aliphatic heterocycles. The Labute approximate surface area is 238 Å². The summed E-state index contributed by atoms with van der Waals surface area (Å²) in [4.78, 5) is 29.4. The highest BCUT2D eigenvalue weighted by atomic mass is 79.9. The summed E-state index contributed by atoms with van der Waals surface area (Å²) in [6, 6.07) is 31.0. The zero-order valence-corrected chi connectivity index (χ0v) is 23.5. The predicted molar refractivity (Wildman–Crippen MR) is 158 cm³/mol. The molecule has 0 spiro atoms. The van der Waals surface area contributed by atoms with Crippen LogP contribution in [0.1, 0.15) is 36.8 Å². The van der Waals surface area contributed by atoms with Gasteiger partial charge in [-0.15, -0.1) is 0 Å². The number of carbonyl (C=O) groups excluding carboxylic acids is 2. The highest BCUT2D eigenvalue weighted by Crippen LogP contribution is 2.26. The van der Waals surface area contributed by atoms with Crippen molar-refractivity contribution in [3.63, 3.8) is 0 Å². The Hall–Kier alpha value is -3.64. The molecule has 39 heavy (non-hydrogen) atoms. The summed E-state index contributed by atoms with van der Waals surface area (Å²) >= 11 is 3.49. The van der Waals surface area contributed by atoms with Gasteiger partial charge in [-0.1, -0.05) is 108 Å². The molecule has 5 nitrogen and oxygen atoms in total. The van der Waals surface area contributed by atoms with Crippen LogP contribution in [0.5, 0.6) is 5.75 Å². The molecule has 6 heteroatoms. The Morgan fingerprint density at radius 1 is 0.846 bits per heavy atom. The molecule has 0 heterocycles. The quantitative estimate of drug-likeness (QED) is 0.226. The molecule has 4 aromatic rings. The zero-order chi connectivity index (χ0) is 27.0. The molecule has 1 atom stereocenters. The van der Waals surface area contributed by atoms with E-state index in [2.05, 4.69) is 21.2 Å². The Bertz CT molecular complexity index is 1400. The van der Waals surface area contributed by atoms with E-state index in [9.17, 15) is 9.59 Å². The van der Waals surface area contributed by atoms with Gasteiger partial charge in [0.1, 0.15) is 11.8 Å². The van der Waals surface area contributed by atoms with Crippen LogP contribution in [0.3, 0.4) is 0 Å². The highest BCUT2D eigenvalue weighted by Gasteiger charge is 2.32. The summed E-state index contributed by atoms with van der Waals surface area (Å²) in [5.74, 6) is 0.315. The molecule has 2 amide bonds. The van der Waals surface area contributed by atoms with Gasteiger partial charge in [-0.3, -0.25) is 9.59 Å². The molecule has 0 bridgehead atoms. The van der Waals surface area contributed by atoms with Gasteiger partial charge in [-0.25, -0.2) is 0 Å². The van der Waals surface area contributed by atoms with E-state index in [1.165, 1.54) is 0 Å². The van der Waals surface area contributed by atoms with E-state index < -0.39 is 6.04 Å². The second-order valence-electron chi connectivity index (χ2n) is 10.1. The average molecular weight is 586 g/mol. The summed E-state index contributed by atoms with van der Waals surface area (Å²) in [5, 5.41) is 5.25. The third kappa shape index (κ3) is 7.07. The van der Waals surface area contributed by atoms with Gasteiger partial charge < -0.3 is 15.0 Å². The monoisotopic (exact) mass is 584 g/mol. The third-order valence-corrected chi connectivity index (χ3v) is 7.87. The molecule has 1 aliphatic carbocycles. The standard InChI is InChI=1S/C33H33BrN2O3/c34-27-19-17-25(18-20-27)22-36(32(37)23-39-31-16-8-12-26-11-4-7-15-29(26)31)30(21-24-9-2-1-3-10-24)33(38)35-28-13-5-6-14-28/h1-4,7-12,15-20,28,30H,5-6,13-14,21-23H2,(H,35,38). The number of benzene rings is 4. The van der Waals surface area contributed by atoms with Crippen LogP contribution >= 0.6 is 15.9 Å². The molecule has 0 saturated heterocycles. The predicted octanol–water partition coefficient (Wildman–Crippen LogP) is 6.68. The molecule has 0 radical (unpaired) electrons. The Morgan fingerprint density at radius 3 is 2.31 bits per heavy atom. The minimum Gasteiger partial charge on any atom is -0.483 e. The Balaban J connectivity index is 1.43. The van der Waals surface area contributed by atoms with Crippen LogP contribution in [0.4, 0.5) is 0 Å². The number of hydrogen-bond donors (Lipinski definition) is 1. The van der Waals surface area contributed by atoms with Gasteiger partial charge in [0, 0.05) is 28.9 Å². The maximum absolute atomic E-state index is 13.9. The van der Waals surface area contributed by atoms with Gasteiger partial charge in [0.05, 0.1) is 0 Å². The number of rotatable bonds is 10. The van der Waals surface area contributed by atoms with Crippen molar-refractivity contribution in [1.82, 2.24) is 10.2 Å². The summed E-state index contributed by atoms with van der Waals surface area (Å²) in [5.41, 5.74) is 1.95. The third-order valence-electron chi connectivity index (χ3n) is 7.34. The van der Waals surface area contributed by atoms with Crippen LogP contribution in [0.2, 0.25) is 0 Å². The van der Waals surface area contributed by atoms with Crippen LogP contribution in [0.25, 0.3) is 10.8 Å². The maximum Gasteiger partial charge on any atom is 0.261 e. The number of nitrogens with one attached hydrogen (secondary N) is 1. The molecular weight excluding hydrogens is 552 g/mol. The van der Waals surface area contributed by atoms with Gasteiger partial charge in [0.2, 0.25) is 5.91 Å². The van der Waals surface area contributed by atoms with Crippen molar-refractivity contribution in [3.05, 3.63) is 113 Å². The van der Waals surface area contributed by atoms with Crippen molar-refractivity contribution in [2.24, 2.45) is 0 Å². The van der Waals surface area contributed by atoms with E-state index in [0.29, 0.717) is 18.7 Å². The number of hydrogen-bond acceptors (Lipinski definition) is 3. The average Bonchev–Trinajstić information content (AvgIpc) is 3.48. The fraction of sp³-hybridized carbons (Fsp3) is 0.273. The summed E-state index contributed by atoms with van der Waals surface area (Å²) in [6.07, 6.45) is 4.63. The lowest BCUT2D eigenvalue weighted by Gasteiger charge is -2.32. The van der Waals surface area contributed by atoms with E-state index in [1.807, 2.05) is 97.1 Å². The normalized spacial score (nSPS) is 14.2. The summed E-state index contributed by atoms with van der Waals surface area (Å²) < 4.78 is 7.06. The van der Waals surface area contributed by atoms with Crippen molar-refractivity contribution < 1.29 is 14.3 Å². The van der Waals surface area contributed by atoms with Crippen LogP contribution in [-0.4, -0.2) is 35.4 Å². The van der Waals surface area contributed by atoms with Gasteiger partial charge in [0.15, 0.2) is 6.61 Å². The van der Waals surface area contributed by atoms with Gasteiger partial charge >= 0.3 is 0 Å². The van der Waals surface area contributed by atoms with E-state index >= 15 is 0 Å². The second-order valence-corrected chi connectivity index (χ2v) is 11.0. The van der Waals surface area contributed by atoms with Gasteiger partial charge in [-0.2, -0.15) is 0 Å². The molecule has 1 aliphatic rings. The minimum atomic E-state index is -0.666. The van der Waals surface area contributed by atoms with Crippen LogP contribution in [0, 0.1) is 0 Å². The van der Waals surface area contributed by atoms with Crippen LogP contribution < -0.4 is 10.1 Å². The number of ether oxygens (including phenoxy) is 1. The summed E-state index contributed by atoms with van der Waals surface area (Å²) in [6.45, 7) is 0.146. The molecule has 0 aromatic heterocycles.